The van der Waals surface area contributed by atoms with Gasteiger partial charge >= 0.3 is 0 Å². The Labute approximate surface area is 140 Å². The number of rotatable bonds is 5. The standard InChI is InChI=1S/C18H19N3OS/c19-11-14-3-5-15(6-4-14)18(22)20-12-17(16-7-10-23-13-16)21-8-1-2-9-21/h3-7,10,13,17H,1-2,8-9,12H2,(H,20,22)/t17-/m0/s1. The molecule has 0 saturated carbocycles. The van der Waals surface area contributed by atoms with Gasteiger partial charge in [-0.05, 0) is 72.6 Å². The number of hydrogen-bond donors (Lipinski definition) is 1. The van der Waals surface area contributed by atoms with Gasteiger partial charge in [0.25, 0.3) is 5.91 Å². The molecule has 1 amide bonds. The van der Waals surface area contributed by atoms with Crippen molar-refractivity contribution in [3.63, 3.8) is 0 Å². The van der Waals surface area contributed by atoms with Crippen LogP contribution in [0.2, 0.25) is 0 Å². The molecule has 0 radical (unpaired) electrons. The molecule has 0 unspecified atom stereocenters. The second-order valence-corrected chi connectivity index (χ2v) is 6.49. The van der Waals surface area contributed by atoms with Gasteiger partial charge in [0, 0.05) is 12.1 Å². The van der Waals surface area contributed by atoms with E-state index in [1.54, 1.807) is 35.6 Å². The van der Waals surface area contributed by atoms with Crippen molar-refractivity contribution < 1.29 is 4.79 Å². The maximum atomic E-state index is 12.3. The molecular formula is C18H19N3OS. The average molecular weight is 325 g/mol. The van der Waals surface area contributed by atoms with Crippen LogP contribution < -0.4 is 5.32 Å². The SMILES string of the molecule is N#Cc1ccc(C(=O)NC[C@@H](c2ccsc2)N2CCCC2)cc1. The summed E-state index contributed by atoms with van der Waals surface area (Å²) >= 11 is 1.69. The summed E-state index contributed by atoms with van der Waals surface area (Å²) in [4.78, 5) is 14.8. The lowest BCUT2D eigenvalue weighted by Gasteiger charge is -2.27. The number of carbonyl (C=O) groups is 1. The van der Waals surface area contributed by atoms with Gasteiger partial charge in [0.15, 0.2) is 0 Å². The second kappa shape index (κ2) is 7.40. The number of nitrogens with zero attached hydrogens (tertiary/aromatic N) is 2. The van der Waals surface area contributed by atoms with Crippen LogP contribution >= 0.6 is 11.3 Å². The molecule has 0 bridgehead atoms. The van der Waals surface area contributed by atoms with Gasteiger partial charge in [0.2, 0.25) is 0 Å². The number of amides is 1. The molecule has 0 aliphatic carbocycles. The first kappa shape index (κ1) is 15.7. The Hall–Kier alpha value is -2.16. The summed E-state index contributed by atoms with van der Waals surface area (Å²) in [6, 6.07) is 11.2. The summed E-state index contributed by atoms with van der Waals surface area (Å²) in [5.41, 5.74) is 2.43. The number of thiophene rings is 1. The van der Waals surface area contributed by atoms with E-state index in [1.807, 2.05) is 0 Å². The predicted octanol–water partition coefficient (Wildman–Crippen LogP) is 3.19. The highest BCUT2D eigenvalue weighted by atomic mass is 32.1. The van der Waals surface area contributed by atoms with Gasteiger partial charge in [-0.1, -0.05) is 0 Å². The largest absolute Gasteiger partial charge is 0.350 e. The van der Waals surface area contributed by atoms with Crippen molar-refractivity contribution in [3.05, 3.63) is 57.8 Å². The minimum absolute atomic E-state index is 0.0890. The molecule has 2 heterocycles. The van der Waals surface area contributed by atoms with Crippen molar-refractivity contribution in [2.75, 3.05) is 19.6 Å². The van der Waals surface area contributed by atoms with Gasteiger partial charge in [-0.25, -0.2) is 0 Å². The van der Waals surface area contributed by atoms with Gasteiger partial charge in [-0.15, -0.1) is 0 Å². The summed E-state index contributed by atoms with van der Waals surface area (Å²) in [6.45, 7) is 2.79. The molecule has 4 nitrogen and oxygen atoms in total. The molecule has 0 spiro atoms. The molecule has 2 aromatic rings. The molecule has 1 aromatic heterocycles. The molecule has 3 rings (SSSR count). The lowest BCUT2D eigenvalue weighted by molar-refractivity contribution is 0.0938. The highest BCUT2D eigenvalue weighted by Gasteiger charge is 2.24. The van der Waals surface area contributed by atoms with Crippen LogP contribution in [0.25, 0.3) is 0 Å². The number of benzene rings is 1. The van der Waals surface area contributed by atoms with Crippen LogP contribution in [0.5, 0.6) is 0 Å². The quantitative estimate of drug-likeness (QED) is 0.918. The van der Waals surface area contributed by atoms with Crippen LogP contribution in [0, 0.1) is 11.3 Å². The molecular weight excluding hydrogens is 306 g/mol. The number of carbonyl (C=O) groups excluding carboxylic acids is 1. The molecule has 23 heavy (non-hydrogen) atoms. The highest BCUT2D eigenvalue weighted by Crippen LogP contribution is 2.26. The zero-order valence-electron chi connectivity index (χ0n) is 12.9. The summed E-state index contributed by atoms with van der Waals surface area (Å²) in [6.07, 6.45) is 2.45. The molecule has 1 saturated heterocycles. The topological polar surface area (TPSA) is 56.1 Å². The van der Waals surface area contributed by atoms with Crippen LogP contribution in [0.1, 0.15) is 40.4 Å². The van der Waals surface area contributed by atoms with Crippen molar-refractivity contribution in [1.82, 2.24) is 10.2 Å². The van der Waals surface area contributed by atoms with Gasteiger partial charge < -0.3 is 5.32 Å². The highest BCUT2D eigenvalue weighted by molar-refractivity contribution is 7.07. The number of likely N-dealkylation sites (tertiary alicyclic amines) is 1. The van der Waals surface area contributed by atoms with Crippen molar-refractivity contribution in [3.8, 4) is 6.07 Å². The fraction of sp³-hybridized carbons (Fsp3) is 0.333. The number of nitriles is 1. The Morgan fingerprint density at radius 2 is 2.00 bits per heavy atom. The summed E-state index contributed by atoms with van der Waals surface area (Å²) in [5.74, 6) is -0.0890. The minimum Gasteiger partial charge on any atom is -0.350 e. The van der Waals surface area contributed by atoms with E-state index >= 15 is 0 Å². The van der Waals surface area contributed by atoms with Crippen LogP contribution in [0.4, 0.5) is 0 Å². The predicted molar refractivity (Wildman–Crippen MR) is 91.4 cm³/mol. The Morgan fingerprint density at radius 3 is 2.61 bits per heavy atom. The van der Waals surface area contributed by atoms with E-state index in [9.17, 15) is 4.79 Å². The first-order chi connectivity index (χ1) is 11.3. The van der Waals surface area contributed by atoms with E-state index in [2.05, 4.69) is 33.1 Å². The van der Waals surface area contributed by atoms with Gasteiger partial charge in [0.1, 0.15) is 0 Å². The first-order valence-electron chi connectivity index (χ1n) is 7.82. The Balaban J connectivity index is 1.66. The van der Waals surface area contributed by atoms with E-state index < -0.39 is 0 Å². The molecule has 1 N–H and O–H groups in total. The Bertz CT molecular complexity index is 682. The number of hydrogen-bond acceptors (Lipinski definition) is 4. The fourth-order valence-corrected chi connectivity index (χ4v) is 3.67. The lowest BCUT2D eigenvalue weighted by atomic mass is 10.1. The number of nitrogens with one attached hydrogen (secondary N) is 1. The lowest BCUT2D eigenvalue weighted by Crippen LogP contribution is -2.36. The normalized spacial score (nSPS) is 16.0. The van der Waals surface area contributed by atoms with E-state index in [0.717, 1.165) is 13.1 Å². The van der Waals surface area contributed by atoms with Gasteiger partial charge in [0.05, 0.1) is 17.7 Å². The Kier molecular flexibility index (Phi) is 5.06. The fourth-order valence-electron chi connectivity index (χ4n) is 2.96. The summed E-state index contributed by atoms with van der Waals surface area (Å²) in [5, 5.41) is 16.1. The maximum Gasteiger partial charge on any atom is 0.251 e. The van der Waals surface area contributed by atoms with E-state index in [0.29, 0.717) is 17.7 Å². The van der Waals surface area contributed by atoms with Crippen LogP contribution in [0.15, 0.2) is 41.1 Å². The maximum absolute atomic E-state index is 12.3. The Morgan fingerprint density at radius 1 is 1.26 bits per heavy atom. The smallest absolute Gasteiger partial charge is 0.251 e. The zero-order valence-corrected chi connectivity index (χ0v) is 13.7. The second-order valence-electron chi connectivity index (χ2n) is 5.71. The van der Waals surface area contributed by atoms with Crippen molar-refractivity contribution in [2.45, 2.75) is 18.9 Å². The third-order valence-electron chi connectivity index (χ3n) is 4.24. The summed E-state index contributed by atoms with van der Waals surface area (Å²) < 4.78 is 0. The molecule has 1 aliphatic heterocycles. The van der Waals surface area contributed by atoms with Crippen LogP contribution in [0.3, 0.4) is 0 Å². The molecule has 1 fully saturated rings. The van der Waals surface area contributed by atoms with E-state index in [-0.39, 0.29) is 11.9 Å². The van der Waals surface area contributed by atoms with E-state index in [4.69, 9.17) is 5.26 Å². The first-order valence-corrected chi connectivity index (χ1v) is 8.77. The molecule has 5 heteroatoms. The van der Waals surface area contributed by atoms with Crippen molar-refractivity contribution in [2.24, 2.45) is 0 Å². The zero-order chi connectivity index (χ0) is 16.1. The van der Waals surface area contributed by atoms with E-state index in [1.165, 1.54) is 18.4 Å². The molecule has 1 aromatic carbocycles. The van der Waals surface area contributed by atoms with Crippen molar-refractivity contribution >= 4 is 17.2 Å². The molecule has 1 atom stereocenters. The van der Waals surface area contributed by atoms with Gasteiger partial charge in [-0.2, -0.15) is 16.6 Å². The third kappa shape index (κ3) is 3.79. The minimum atomic E-state index is -0.0890. The molecule has 118 valence electrons. The van der Waals surface area contributed by atoms with Gasteiger partial charge in [-0.3, -0.25) is 9.69 Å². The van der Waals surface area contributed by atoms with Crippen LogP contribution in [-0.4, -0.2) is 30.4 Å². The third-order valence-corrected chi connectivity index (χ3v) is 4.94. The van der Waals surface area contributed by atoms with Crippen molar-refractivity contribution in [1.29, 1.82) is 5.26 Å². The average Bonchev–Trinajstić information content (AvgIpc) is 3.29. The monoisotopic (exact) mass is 325 g/mol. The molecule has 1 aliphatic rings. The van der Waals surface area contributed by atoms with Crippen LogP contribution in [-0.2, 0) is 0 Å². The summed E-state index contributed by atoms with van der Waals surface area (Å²) in [7, 11) is 0.